The van der Waals surface area contributed by atoms with E-state index in [1.807, 2.05) is 0 Å². The smallest absolute Gasteiger partial charge is 0.407 e. The Morgan fingerprint density at radius 3 is 2.53 bits per heavy atom. The Balaban J connectivity index is 1.71. The van der Waals surface area contributed by atoms with Gasteiger partial charge in [0.2, 0.25) is 0 Å². The molecule has 11 nitrogen and oxygen atoms in total. The normalized spacial score (nSPS) is 18.7. The zero-order chi connectivity index (χ0) is 32.9. The number of rotatable bonds is 10. The zero-order valence-electron chi connectivity index (χ0n) is 26.0. The molecule has 1 fully saturated rings. The molecule has 0 radical (unpaired) electrons. The molecule has 1 aromatic heterocycles. The molecule has 2 aromatic rings. The second-order valence-electron chi connectivity index (χ2n) is 11.8. The highest BCUT2D eigenvalue weighted by molar-refractivity contribution is 6.14. The van der Waals surface area contributed by atoms with Gasteiger partial charge in [0.1, 0.15) is 17.1 Å². The van der Waals surface area contributed by atoms with E-state index in [9.17, 15) is 18.4 Å². The third-order valence-electron chi connectivity index (χ3n) is 7.51. The van der Waals surface area contributed by atoms with Crippen molar-refractivity contribution < 1.29 is 37.0 Å². The second kappa shape index (κ2) is 14.1. The fraction of sp³-hybridized carbons (Fsp3) is 0.484. The van der Waals surface area contributed by atoms with Crippen LogP contribution in [0.15, 0.2) is 29.4 Å². The van der Waals surface area contributed by atoms with Gasteiger partial charge < -0.3 is 35.5 Å². The van der Waals surface area contributed by atoms with E-state index < -0.39 is 42.1 Å². The first kappa shape index (κ1) is 33.4. The first-order valence-electron chi connectivity index (χ1n) is 14.6. The molecule has 14 heteroatoms. The zero-order valence-corrected chi connectivity index (χ0v) is 26.0. The number of aromatic nitrogens is 1. The Bertz CT molecular complexity index is 1480. The van der Waals surface area contributed by atoms with E-state index in [1.54, 1.807) is 39.0 Å². The summed E-state index contributed by atoms with van der Waals surface area (Å²) >= 11 is 0. The van der Waals surface area contributed by atoms with Crippen molar-refractivity contribution in [3.05, 3.63) is 52.6 Å². The lowest BCUT2D eigenvalue weighted by molar-refractivity contribution is 0.0488. The van der Waals surface area contributed by atoms with E-state index in [0.29, 0.717) is 29.9 Å². The molecule has 2 heterocycles. The highest BCUT2D eigenvalue weighted by atomic mass is 19.3. The van der Waals surface area contributed by atoms with Gasteiger partial charge in [-0.3, -0.25) is 4.79 Å². The van der Waals surface area contributed by atoms with Crippen LogP contribution >= 0.6 is 0 Å². The number of alkyl carbamates (subject to hydrolysis) is 1. The number of ether oxygens (including phenoxy) is 3. The van der Waals surface area contributed by atoms with Gasteiger partial charge in [0, 0.05) is 47.8 Å². The topological polar surface area (TPSA) is 140 Å². The predicted octanol–water partition coefficient (Wildman–Crippen LogP) is 5.23. The molecule has 1 aliphatic heterocycles. The number of benzene rings is 1. The van der Waals surface area contributed by atoms with Crippen LogP contribution in [0.1, 0.15) is 73.6 Å². The number of fused-ring (bicyclic) bond motifs is 1. The molecule has 1 aliphatic carbocycles. The van der Waals surface area contributed by atoms with Crippen LogP contribution in [0.4, 0.5) is 23.8 Å². The number of nitrogens with two attached hydrogens (primary N) is 1. The van der Waals surface area contributed by atoms with Crippen LogP contribution in [-0.4, -0.2) is 66.6 Å². The van der Waals surface area contributed by atoms with Gasteiger partial charge in [0.25, 0.3) is 5.91 Å². The van der Waals surface area contributed by atoms with Crippen molar-refractivity contribution in [2.75, 3.05) is 19.5 Å². The maximum absolute atomic E-state index is 16.3. The van der Waals surface area contributed by atoms with E-state index in [4.69, 9.17) is 19.9 Å². The van der Waals surface area contributed by atoms with Crippen LogP contribution in [0.5, 0.6) is 11.5 Å². The van der Waals surface area contributed by atoms with Crippen molar-refractivity contribution in [2.24, 2.45) is 10.7 Å². The molecule has 2 amide bonds. The number of nitrogens with zero attached hydrogens (tertiary/aromatic N) is 3. The van der Waals surface area contributed by atoms with Crippen LogP contribution in [0.25, 0.3) is 5.57 Å². The van der Waals surface area contributed by atoms with Crippen molar-refractivity contribution in [1.29, 1.82) is 0 Å². The van der Waals surface area contributed by atoms with E-state index in [0.717, 1.165) is 25.3 Å². The summed E-state index contributed by atoms with van der Waals surface area (Å²) in [5.74, 6) is -0.518. The van der Waals surface area contributed by atoms with Gasteiger partial charge in [0.05, 0.1) is 38.1 Å². The average Bonchev–Trinajstić information content (AvgIpc) is 3.31. The van der Waals surface area contributed by atoms with E-state index in [-0.39, 0.29) is 41.3 Å². The summed E-state index contributed by atoms with van der Waals surface area (Å²) in [6, 6.07) is 4.27. The maximum atomic E-state index is 16.3. The summed E-state index contributed by atoms with van der Waals surface area (Å²) in [5.41, 5.74) is 5.46. The fourth-order valence-electron chi connectivity index (χ4n) is 5.46. The van der Waals surface area contributed by atoms with Crippen molar-refractivity contribution in [3.63, 3.8) is 0 Å². The third kappa shape index (κ3) is 7.97. The number of pyridine rings is 1. The minimum absolute atomic E-state index is 0.0252. The predicted molar refractivity (Wildman–Crippen MR) is 163 cm³/mol. The number of amides is 2. The van der Waals surface area contributed by atoms with Gasteiger partial charge in [-0.15, -0.1) is 0 Å². The number of alkyl halides is 2. The van der Waals surface area contributed by atoms with Gasteiger partial charge >= 0.3 is 12.6 Å². The molecular formula is C31H39F3N6O5. The summed E-state index contributed by atoms with van der Waals surface area (Å²) < 4.78 is 58.5. The number of carbonyl (C=O) groups is 2. The van der Waals surface area contributed by atoms with Crippen LogP contribution in [0.2, 0.25) is 0 Å². The summed E-state index contributed by atoms with van der Waals surface area (Å²) in [4.78, 5) is 35.2. The Morgan fingerprint density at radius 2 is 1.91 bits per heavy atom. The first-order valence-corrected chi connectivity index (χ1v) is 14.6. The lowest BCUT2D eigenvalue weighted by atomic mass is 9.90. The Kier molecular flexibility index (Phi) is 10.5. The van der Waals surface area contributed by atoms with Gasteiger partial charge in [-0.1, -0.05) is 12.8 Å². The molecule has 2 aliphatic rings. The SMILES string of the molecule is COc1ccc(CN2Cc3c(F)c(NC4CCCCC4NC(=O)OC(C)(C)C)nc(C(C=NC(F)F)=CN)c3C2=O)c(OC)c1. The van der Waals surface area contributed by atoms with Crippen LogP contribution < -0.4 is 25.8 Å². The average molecular weight is 633 g/mol. The molecular weight excluding hydrogens is 593 g/mol. The molecule has 1 aromatic carbocycles. The number of carbonyl (C=O) groups excluding carboxylic acids is 2. The van der Waals surface area contributed by atoms with Gasteiger partial charge in [0.15, 0.2) is 11.6 Å². The quantitative estimate of drug-likeness (QED) is 0.239. The lowest BCUT2D eigenvalue weighted by Crippen LogP contribution is -2.50. The molecule has 2 atom stereocenters. The molecule has 4 N–H and O–H groups in total. The van der Waals surface area contributed by atoms with Crippen molar-refractivity contribution in [2.45, 2.75) is 83.8 Å². The minimum atomic E-state index is -3.04. The highest BCUT2D eigenvalue weighted by Crippen LogP contribution is 2.36. The third-order valence-corrected chi connectivity index (χ3v) is 7.51. The summed E-state index contributed by atoms with van der Waals surface area (Å²) in [7, 11) is 3.00. The number of hydrogen-bond donors (Lipinski definition) is 3. The Hall–Kier alpha value is -4.49. The molecule has 0 saturated heterocycles. The Morgan fingerprint density at radius 1 is 1.20 bits per heavy atom. The number of anilines is 1. The highest BCUT2D eigenvalue weighted by Gasteiger charge is 2.37. The number of hydrogen-bond acceptors (Lipinski definition) is 9. The summed E-state index contributed by atoms with van der Waals surface area (Å²) in [6.45, 7) is 2.15. The monoisotopic (exact) mass is 632 g/mol. The summed E-state index contributed by atoms with van der Waals surface area (Å²) in [5, 5.41) is 5.98. The molecule has 1 saturated carbocycles. The van der Waals surface area contributed by atoms with Crippen LogP contribution in [0.3, 0.4) is 0 Å². The number of allylic oxidation sites excluding steroid dienone is 1. The lowest BCUT2D eigenvalue weighted by Gasteiger charge is -2.34. The number of halogens is 3. The molecule has 0 bridgehead atoms. The molecule has 4 rings (SSSR count). The number of nitrogens with one attached hydrogen (secondary N) is 2. The number of methoxy groups -OCH3 is 2. The molecule has 2 unspecified atom stereocenters. The van der Waals surface area contributed by atoms with Crippen molar-refractivity contribution in [3.8, 4) is 11.5 Å². The van der Waals surface area contributed by atoms with Crippen molar-refractivity contribution >= 4 is 29.6 Å². The summed E-state index contributed by atoms with van der Waals surface area (Å²) in [6.07, 6.45) is 4.05. The maximum Gasteiger partial charge on any atom is 0.407 e. The van der Waals surface area contributed by atoms with E-state index >= 15 is 4.39 Å². The molecule has 45 heavy (non-hydrogen) atoms. The van der Waals surface area contributed by atoms with Crippen LogP contribution in [-0.2, 0) is 17.8 Å². The second-order valence-corrected chi connectivity index (χ2v) is 11.8. The molecule has 0 spiro atoms. The largest absolute Gasteiger partial charge is 0.497 e. The molecule has 244 valence electrons. The fourth-order valence-corrected chi connectivity index (χ4v) is 5.46. The Labute approximate surface area is 260 Å². The minimum Gasteiger partial charge on any atom is -0.497 e. The van der Waals surface area contributed by atoms with Gasteiger partial charge in [-0.25, -0.2) is 19.2 Å². The standard InChI is InChI=1S/C31H39F3N6O5/c1-31(2,3)45-30(42)38-22-9-7-6-8-21(22)37-27-25(32)20-16-40(15-17-10-11-19(43-4)12-23(17)44-5)28(41)24(20)26(39-27)18(13-35)14-36-29(33)34/h10-14,21-22,29H,6-9,15-16,35H2,1-5H3,(H,37,39)(H,38,42). The van der Waals surface area contributed by atoms with Gasteiger partial charge in [-0.05, 0) is 45.7 Å². The number of aliphatic imine (C=N–C) groups is 1. The van der Waals surface area contributed by atoms with E-state index in [1.165, 1.54) is 19.1 Å². The van der Waals surface area contributed by atoms with Crippen LogP contribution in [0, 0.1) is 5.82 Å². The van der Waals surface area contributed by atoms with Gasteiger partial charge in [-0.2, -0.15) is 8.78 Å². The first-order chi connectivity index (χ1) is 21.3. The van der Waals surface area contributed by atoms with Crippen molar-refractivity contribution in [1.82, 2.24) is 15.2 Å². The van der Waals surface area contributed by atoms with E-state index in [2.05, 4.69) is 20.6 Å².